The summed E-state index contributed by atoms with van der Waals surface area (Å²) in [5, 5.41) is 9.76. The Kier molecular flexibility index (Phi) is 50.0. The van der Waals surface area contributed by atoms with Crippen molar-refractivity contribution in [3.63, 3.8) is 0 Å². The van der Waals surface area contributed by atoms with Crippen molar-refractivity contribution in [2.24, 2.45) is 0 Å². The molecule has 0 amide bonds. The van der Waals surface area contributed by atoms with Crippen molar-refractivity contribution in [3.8, 4) is 0 Å². The van der Waals surface area contributed by atoms with E-state index in [2.05, 4.69) is 93.7 Å². The van der Waals surface area contributed by atoms with Crippen molar-refractivity contribution in [2.45, 2.75) is 251 Å². The zero-order valence-corrected chi connectivity index (χ0v) is 45.4. The quantitative estimate of drug-likeness (QED) is 0.0197. The van der Waals surface area contributed by atoms with Crippen LogP contribution in [0.3, 0.4) is 0 Å². The summed E-state index contributed by atoms with van der Waals surface area (Å²) in [7, 11) is -4.75. The molecule has 0 aliphatic rings. The largest absolute Gasteiger partial charge is 0.472 e. The Morgan fingerprint density at radius 1 is 0.414 bits per heavy atom. The molecular weight excluding hydrogens is 904 g/mol. The average Bonchev–Trinajstić information content (AvgIpc) is 3.35. The van der Waals surface area contributed by atoms with Crippen LogP contribution in [0.1, 0.15) is 239 Å². The van der Waals surface area contributed by atoms with Crippen molar-refractivity contribution in [1.29, 1.82) is 0 Å². The highest BCUT2D eigenvalue weighted by Crippen LogP contribution is 2.43. The van der Waals surface area contributed by atoms with E-state index in [4.69, 9.17) is 23.3 Å². The lowest BCUT2D eigenvalue weighted by atomic mass is 10.1. The summed E-state index contributed by atoms with van der Waals surface area (Å²) in [6.07, 6.45) is 57.3. The second kappa shape index (κ2) is 52.2. The van der Waals surface area contributed by atoms with Gasteiger partial charge in [0.05, 0.1) is 19.8 Å². The van der Waals surface area contributed by atoms with E-state index in [0.717, 1.165) is 109 Å². The van der Waals surface area contributed by atoms with Gasteiger partial charge >= 0.3 is 25.7 Å². The number of hydrogen-bond donors (Lipinski definition) is 2. The topological polar surface area (TPSA) is 155 Å². The number of phosphoric ester groups is 1. The number of carbonyl (C=O) groups is 3. The van der Waals surface area contributed by atoms with Gasteiger partial charge in [0.2, 0.25) is 0 Å². The molecule has 0 aromatic heterocycles. The van der Waals surface area contributed by atoms with Gasteiger partial charge < -0.3 is 24.2 Å². The van der Waals surface area contributed by atoms with Crippen LogP contribution in [0.25, 0.3) is 0 Å². The fraction of sp³-hybridized carbons (Fsp3) is 0.741. The molecule has 0 aromatic carbocycles. The molecule has 0 fully saturated rings. The van der Waals surface area contributed by atoms with Gasteiger partial charge in [-0.25, -0.2) is 4.57 Å². The molecule has 0 heterocycles. The fourth-order valence-electron chi connectivity index (χ4n) is 7.38. The molecule has 0 bridgehead atoms. The lowest BCUT2D eigenvalue weighted by molar-refractivity contribution is -0.161. The van der Waals surface area contributed by atoms with Gasteiger partial charge in [-0.1, -0.05) is 203 Å². The molecule has 11 nitrogen and oxygen atoms in total. The third-order valence-electron chi connectivity index (χ3n) is 11.6. The minimum absolute atomic E-state index is 0.126. The maximum Gasteiger partial charge on any atom is 0.472 e. The van der Waals surface area contributed by atoms with Crippen molar-refractivity contribution in [1.82, 2.24) is 0 Å². The smallest absolute Gasteiger partial charge is 0.462 e. The number of hydrogen-bond acceptors (Lipinski definition) is 10. The predicted octanol–water partition coefficient (Wildman–Crippen LogP) is 16.1. The molecule has 404 valence electrons. The van der Waals surface area contributed by atoms with E-state index in [9.17, 15) is 28.9 Å². The average molecular weight is 1010 g/mol. The predicted molar refractivity (Wildman–Crippen MR) is 288 cm³/mol. The number of allylic oxidation sites excluding steroid dienone is 12. The first kappa shape index (κ1) is 66.9. The second-order valence-electron chi connectivity index (χ2n) is 18.4. The second-order valence-corrected chi connectivity index (χ2v) is 19.8. The van der Waals surface area contributed by atoms with Gasteiger partial charge in [0.1, 0.15) is 12.7 Å². The highest BCUT2D eigenvalue weighted by atomic mass is 31.2. The van der Waals surface area contributed by atoms with E-state index >= 15 is 0 Å². The Hall–Kier alpha value is -3.08. The lowest BCUT2D eigenvalue weighted by Crippen LogP contribution is -2.30. The first-order chi connectivity index (χ1) is 34.2. The van der Waals surface area contributed by atoms with Crippen LogP contribution in [0.4, 0.5) is 0 Å². The SMILES string of the molecule is CC/C=C\C/C=C\C/C=C\C/C=C\C/C=C\CCCCCC(=O)OC(COC(=O)CCCCCCC/C=C\CCCCCCCC)COP(=O)(O)OCC(CO)OC(=O)CCCCCCCCCCC. The third kappa shape index (κ3) is 49.9. The Bertz CT molecular complexity index is 1450. The summed E-state index contributed by atoms with van der Waals surface area (Å²) >= 11 is 0. The van der Waals surface area contributed by atoms with E-state index in [-0.39, 0.29) is 25.9 Å². The van der Waals surface area contributed by atoms with Crippen molar-refractivity contribution < 1.29 is 52.2 Å². The van der Waals surface area contributed by atoms with Crippen molar-refractivity contribution >= 4 is 25.7 Å². The van der Waals surface area contributed by atoms with Gasteiger partial charge in [0.25, 0.3) is 0 Å². The Balaban J connectivity index is 4.80. The van der Waals surface area contributed by atoms with Crippen LogP contribution in [-0.4, -0.2) is 66.5 Å². The van der Waals surface area contributed by atoms with Crippen LogP contribution >= 0.6 is 7.82 Å². The molecule has 0 spiro atoms. The number of ether oxygens (including phenoxy) is 3. The Labute approximate surface area is 427 Å². The van der Waals surface area contributed by atoms with Crippen molar-refractivity contribution in [2.75, 3.05) is 26.4 Å². The summed E-state index contributed by atoms with van der Waals surface area (Å²) in [4.78, 5) is 48.4. The van der Waals surface area contributed by atoms with Gasteiger partial charge in [0.15, 0.2) is 6.10 Å². The van der Waals surface area contributed by atoms with Gasteiger partial charge in [0, 0.05) is 19.3 Å². The molecule has 0 rings (SSSR count). The number of aliphatic hydroxyl groups excluding tert-OH is 1. The molecule has 0 aliphatic heterocycles. The zero-order valence-electron chi connectivity index (χ0n) is 44.5. The normalized spacial score (nSPS) is 14.0. The zero-order chi connectivity index (χ0) is 51.3. The van der Waals surface area contributed by atoms with Gasteiger partial charge in [-0.3, -0.25) is 23.4 Å². The van der Waals surface area contributed by atoms with Gasteiger partial charge in [-0.05, 0) is 89.9 Å². The van der Waals surface area contributed by atoms with E-state index in [1.807, 2.05) is 0 Å². The van der Waals surface area contributed by atoms with E-state index in [1.165, 1.54) is 70.6 Å². The van der Waals surface area contributed by atoms with E-state index in [0.29, 0.717) is 19.3 Å². The Morgan fingerprint density at radius 2 is 0.743 bits per heavy atom. The van der Waals surface area contributed by atoms with Crippen LogP contribution in [-0.2, 0) is 42.2 Å². The highest BCUT2D eigenvalue weighted by molar-refractivity contribution is 7.47. The van der Waals surface area contributed by atoms with Crippen LogP contribution < -0.4 is 0 Å². The Morgan fingerprint density at radius 3 is 1.17 bits per heavy atom. The maximum atomic E-state index is 12.9. The minimum atomic E-state index is -4.75. The summed E-state index contributed by atoms with van der Waals surface area (Å²) in [5.74, 6) is -1.51. The summed E-state index contributed by atoms with van der Waals surface area (Å²) in [6.45, 7) is 4.45. The van der Waals surface area contributed by atoms with Crippen LogP contribution in [0.2, 0.25) is 0 Å². The van der Waals surface area contributed by atoms with Crippen molar-refractivity contribution in [3.05, 3.63) is 72.9 Å². The molecule has 0 aliphatic carbocycles. The minimum Gasteiger partial charge on any atom is -0.462 e. The molecule has 3 atom stereocenters. The van der Waals surface area contributed by atoms with Gasteiger partial charge in [-0.15, -0.1) is 0 Å². The number of rotatable bonds is 51. The molecule has 0 saturated carbocycles. The molecule has 0 saturated heterocycles. The lowest BCUT2D eigenvalue weighted by Gasteiger charge is -2.21. The first-order valence-electron chi connectivity index (χ1n) is 27.8. The molecule has 12 heteroatoms. The number of esters is 3. The van der Waals surface area contributed by atoms with Gasteiger partial charge in [-0.2, -0.15) is 0 Å². The van der Waals surface area contributed by atoms with E-state index in [1.54, 1.807) is 0 Å². The highest BCUT2D eigenvalue weighted by Gasteiger charge is 2.28. The maximum absolute atomic E-state index is 12.9. The molecule has 70 heavy (non-hydrogen) atoms. The molecule has 2 N–H and O–H groups in total. The molecular formula is C58H101O11P. The number of unbranched alkanes of at least 4 members (excludes halogenated alkanes) is 22. The summed E-state index contributed by atoms with van der Waals surface area (Å²) in [5.41, 5.74) is 0. The number of carbonyl (C=O) groups excluding carboxylic acids is 3. The van der Waals surface area contributed by atoms with Crippen LogP contribution in [0.5, 0.6) is 0 Å². The molecule has 0 radical (unpaired) electrons. The number of phosphoric acid groups is 1. The first-order valence-corrected chi connectivity index (χ1v) is 29.3. The van der Waals surface area contributed by atoms with E-state index < -0.39 is 57.8 Å². The van der Waals surface area contributed by atoms with Crippen LogP contribution in [0, 0.1) is 0 Å². The fourth-order valence-corrected chi connectivity index (χ4v) is 8.16. The standard InChI is InChI=1S/C58H101O11P/c1-4-7-10-13-16-19-21-23-25-26-27-28-30-32-34-37-40-43-46-49-58(62)69-55(51-65-56(60)47-44-41-38-36-33-31-29-24-22-20-17-14-11-8-5-2)53-67-70(63,64)66-52-54(50-59)68-57(61)48-45-42-39-35-18-15-12-9-6-3/h7,10,16,19,23-25,27-29,32,34,54-55,59H,4-6,8-9,11-15,17-18,20-22,26,30-31,33,35-53H2,1-3H3,(H,63,64)/b10-7-,19-16-,25-23-,28-27-,29-24-,34-32-. The molecule has 3 unspecified atom stereocenters. The van der Waals surface area contributed by atoms with Crippen LogP contribution in [0.15, 0.2) is 72.9 Å². The molecule has 0 aromatic rings. The summed E-state index contributed by atoms with van der Waals surface area (Å²) < 4.78 is 39.4. The monoisotopic (exact) mass is 1000 g/mol. The number of aliphatic hydroxyl groups is 1. The third-order valence-corrected chi connectivity index (χ3v) is 12.6. The summed E-state index contributed by atoms with van der Waals surface area (Å²) in [6, 6.07) is 0.